The summed E-state index contributed by atoms with van der Waals surface area (Å²) in [6.45, 7) is 8.12. The maximum absolute atomic E-state index is 13.7. The lowest BCUT2D eigenvalue weighted by molar-refractivity contribution is -0.141. The van der Waals surface area contributed by atoms with Crippen LogP contribution >= 0.6 is 0 Å². The number of benzene rings is 3. The zero-order chi connectivity index (χ0) is 26.1. The summed E-state index contributed by atoms with van der Waals surface area (Å²) in [4.78, 5) is 28.9. The molecule has 0 aromatic heterocycles. The topological polar surface area (TPSA) is 49.4 Å². The molecule has 0 bridgehead atoms. The monoisotopic (exact) mass is 488 g/mol. The Morgan fingerprint density at radius 1 is 0.833 bits per heavy atom. The molecule has 0 fully saturated rings. The summed E-state index contributed by atoms with van der Waals surface area (Å²) in [7, 11) is 0. The molecule has 0 saturated heterocycles. The minimum Gasteiger partial charge on any atom is -0.350 e. The largest absolute Gasteiger partial charge is 0.350 e. The Morgan fingerprint density at radius 3 is 2.00 bits per heavy atom. The molecule has 0 aliphatic carbocycles. The molecular formula is C31H37FN2O2. The molecule has 0 heterocycles. The van der Waals surface area contributed by atoms with Crippen LogP contribution in [0.1, 0.15) is 56.4 Å². The summed E-state index contributed by atoms with van der Waals surface area (Å²) in [5, 5.41) is 3.06. The smallest absolute Gasteiger partial charge is 0.243 e. The van der Waals surface area contributed by atoms with Gasteiger partial charge in [-0.25, -0.2) is 4.39 Å². The summed E-state index contributed by atoms with van der Waals surface area (Å²) in [5.41, 5.74) is 3.64. The van der Waals surface area contributed by atoms with Crippen molar-refractivity contribution in [2.45, 2.75) is 71.5 Å². The van der Waals surface area contributed by atoms with Gasteiger partial charge in [0.05, 0.1) is 0 Å². The molecule has 2 amide bonds. The lowest BCUT2D eigenvalue weighted by atomic mass is 9.99. The molecule has 0 saturated carbocycles. The second kappa shape index (κ2) is 12.5. The zero-order valence-corrected chi connectivity index (χ0v) is 21.8. The van der Waals surface area contributed by atoms with Gasteiger partial charge in [-0.15, -0.1) is 0 Å². The van der Waals surface area contributed by atoms with E-state index in [4.69, 9.17) is 0 Å². The van der Waals surface area contributed by atoms with Gasteiger partial charge in [-0.05, 0) is 68.0 Å². The maximum Gasteiger partial charge on any atom is 0.243 e. The molecule has 0 radical (unpaired) electrons. The average molecular weight is 489 g/mol. The Balaban J connectivity index is 1.90. The zero-order valence-electron chi connectivity index (χ0n) is 21.8. The van der Waals surface area contributed by atoms with E-state index in [1.807, 2.05) is 51.1 Å². The predicted molar refractivity (Wildman–Crippen MR) is 143 cm³/mol. The van der Waals surface area contributed by atoms with Crippen molar-refractivity contribution in [2.24, 2.45) is 0 Å². The normalized spacial score (nSPS) is 12.1. The van der Waals surface area contributed by atoms with E-state index in [-0.39, 0.29) is 30.6 Å². The van der Waals surface area contributed by atoms with Gasteiger partial charge in [-0.2, -0.15) is 0 Å². The SMILES string of the molecule is CCc1ccc(CCC(=O)N(Cc2ccc(F)cc2)[C@H](Cc2ccccc2)C(=O)NC(C)(C)C)cc1. The summed E-state index contributed by atoms with van der Waals surface area (Å²) < 4.78 is 13.6. The van der Waals surface area contributed by atoms with Crippen molar-refractivity contribution >= 4 is 11.8 Å². The number of hydrogen-bond donors (Lipinski definition) is 1. The Hall–Kier alpha value is -3.47. The van der Waals surface area contributed by atoms with Gasteiger partial charge in [0.15, 0.2) is 0 Å². The molecule has 3 aromatic carbocycles. The third-order valence-electron chi connectivity index (χ3n) is 6.09. The number of nitrogens with zero attached hydrogens (tertiary/aromatic N) is 1. The predicted octanol–water partition coefficient (Wildman–Crippen LogP) is 5.88. The van der Waals surface area contributed by atoms with E-state index in [2.05, 4.69) is 36.5 Å². The first-order valence-electron chi connectivity index (χ1n) is 12.6. The van der Waals surface area contributed by atoms with Crippen molar-refractivity contribution in [2.75, 3.05) is 0 Å². The van der Waals surface area contributed by atoms with Crippen LogP contribution in [0.25, 0.3) is 0 Å². The highest BCUT2D eigenvalue weighted by Gasteiger charge is 2.32. The Kier molecular flexibility index (Phi) is 9.40. The van der Waals surface area contributed by atoms with Crippen LogP contribution in [0.4, 0.5) is 4.39 Å². The first-order chi connectivity index (χ1) is 17.1. The second-order valence-corrected chi connectivity index (χ2v) is 10.3. The van der Waals surface area contributed by atoms with Crippen molar-refractivity contribution in [3.8, 4) is 0 Å². The van der Waals surface area contributed by atoms with E-state index >= 15 is 0 Å². The number of rotatable bonds is 10. The van der Waals surface area contributed by atoms with Gasteiger partial charge in [0.1, 0.15) is 11.9 Å². The van der Waals surface area contributed by atoms with E-state index in [1.54, 1.807) is 17.0 Å². The molecule has 0 spiro atoms. The lowest BCUT2D eigenvalue weighted by Gasteiger charge is -2.34. The van der Waals surface area contributed by atoms with Gasteiger partial charge in [0, 0.05) is 24.9 Å². The van der Waals surface area contributed by atoms with E-state index in [9.17, 15) is 14.0 Å². The van der Waals surface area contributed by atoms with Gasteiger partial charge in [-0.3, -0.25) is 9.59 Å². The molecule has 1 atom stereocenters. The molecule has 0 unspecified atom stereocenters. The third-order valence-corrected chi connectivity index (χ3v) is 6.09. The number of hydrogen-bond acceptors (Lipinski definition) is 2. The molecule has 1 N–H and O–H groups in total. The minimum absolute atomic E-state index is 0.108. The van der Waals surface area contributed by atoms with Gasteiger partial charge in [-0.1, -0.05) is 73.7 Å². The fraction of sp³-hybridized carbons (Fsp3) is 0.355. The molecule has 3 rings (SSSR count). The molecule has 36 heavy (non-hydrogen) atoms. The quantitative estimate of drug-likeness (QED) is 0.388. The van der Waals surface area contributed by atoms with E-state index in [1.165, 1.54) is 17.7 Å². The van der Waals surface area contributed by atoms with E-state index < -0.39 is 11.6 Å². The van der Waals surface area contributed by atoms with Crippen molar-refractivity contribution in [3.05, 3.63) is 107 Å². The van der Waals surface area contributed by atoms with E-state index in [0.717, 1.165) is 23.1 Å². The first kappa shape index (κ1) is 27.1. The second-order valence-electron chi connectivity index (χ2n) is 10.3. The molecule has 190 valence electrons. The number of carbonyl (C=O) groups excluding carboxylic acids is 2. The molecular weight excluding hydrogens is 451 g/mol. The van der Waals surface area contributed by atoms with Crippen molar-refractivity contribution in [3.63, 3.8) is 0 Å². The van der Waals surface area contributed by atoms with Crippen LogP contribution in [0.2, 0.25) is 0 Å². The van der Waals surface area contributed by atoms with Crippen LogP contribution in [0.3, 0.4) is 0 Å². The lowest BCUT2D eigenvalue weighted by Crippen LogP contribution is -2.54. The highest BCUT2D eigenvalue weighted by atomic mass is 19.1. The van der Waals surface area contributed by atoms with E-state index in [0.29, 0.717) is 12.8 Å². The molecule has 0 aliphatic rings. The fourth-order valence-corrected chi connectivity index (χ4v) is 4.13. The van der Waals surface area contributed by atoms with Gasteiger partial charge < -0.3 is 10.2 Å². The van der Waals surface area contributed by atoms with Crippen LogP contribution < -0.4 is 5.32 Å². The standard InChI is InChI=1S/C31H37FN2O2/c1-5-23-11-13-24(14-12-23)17-20-29(35)34(22-26-15-18-27(32)19-16-26)28(30(36)33-31(2,3)4)21-25-9-7-6-8-10-25/h6-16,18-19,28H,5,17,20-22H2,1-4H3,(H,33,36)/t28-/m1/s1. The Bertz CT molecular complexity index is 1120. The molecule has 5 heteroatoms. The average Bonchev–Trinajstić information content (AvgIpc) is 2.85. The third kappa shape index (κ3) is 8.33. The molecule has 3 aromatic rings. The van der Waals surface area contributed by atoms with Crippen molar-refractivity contribution in [1.29, 1.82) is 0 Å². The van der Waals surface area contributed by atoms with Crippen molar-refractivity contribution in [1.82, 2.24) is 10.2 Å². The Labute approximate surface area is 214 Å². The van der Waals surface area contributed by atoms with Gasteiger partial charge in [0.25, 0.3) is 0 Å². The number of carbonyl (C=O) groups is 2. The van der Waals surface area contributed by atoms with Gasteiger partial charge in [0.2, 0.25) is 11.8 Å². The minimum atomic E-state index is -0.702. The number of nitrogens with one attached hydrogen (secondary N) is 1. The number of halogens is 1. The van der Waals surface area contributed by atoms with Crippen LogP contribution in [-0.4, -0.2) is 28.3 Å². The highest BCUT2D eigenvalue weighted by molar-refractivity contribution is 5.88. The fourth-order valence-electron chi connectivity index (χ4n) is 4.13. The summed E-state index contributed by atoms with van der Waals surface area (Å²) in [6.07, 6.45) is 2.22. The number of amides is 2. The maximum atomic E-state index is 13.7. The van der Waals surface area contributed by atoms with Crippen LogP contribution in [0.15, 0.2) is 78.9 Å². The first-order valence-corrected chi connectivity index (χ1v) is 12.6. The van der Waals surface area contributed by atoms with Crippen molar-refractivity contribution < 1.29 is 14.0 Å². The van der Waals surface area contributed by atoms with Crippen LogP contribution in [0.5, 0.6) is 0 Å². The summed E-state index contributed by atoms with van der Waals surface area (Å²) >= 11 is 0. The molecule has 0 aliphatic heterocycles. The highest BCUT2D eigenvalue weighted by Crippen LogP contribution is 2.18. The Morgan fingerprint density at radius 2 is 1.42 bits per heavy atom. The van der Waals surface area contributed by atoms with Gasteiger partial charge >= 0.3 is 0 Å². The number of aryl methyl sites for hydroxylation is 2. The van der Waals surface area contributed by atoms with Crippen LogP contribution in [-0.2, 0) is 35.4 Å². The summed E-state index contributed by atoms with van der Waals surface area (Å²) in [6, 6.07) is 23.4. The summed E-state index contributed by atoms with van der Waals surface area (Å²) in [5.74, 6) is -0.642. The molecule has 4 nitrogen and oxygen atoms in total. The van der Waals surface area contributed by atoms with Crippen LogP contribution in [0, 0.1) is 5.82 Å².